The van der Waals surface area contributed by atoms with Crippen molar-refractivity contribution in [1.82, 2.24) is 24.9 Å². The van der Waals surface area contributed by atoms with E-state index in [9.17, 15) is 0 Å². The lowest BCUT2D eigenvalue weighted by Crippen LogP contribution is -2.47. The third kappa shape index (κ3) is 3.98. The van der Waals surface area contributed by atoms with E-state index >= 15 is 0 Å². The van der Waals surface area contributed by atoms with E-state index in [0.717, 1.165) is 65.8 Å². The molecular formula is C25H27N7. The first-order valence-electron chi connectivity index (χ1n) is 11.1. The molecule has 4 heterocycles. The highest BCUT2D eigenvalue weighted by atomic mass is 15.3. The molecule has 3 aromatic heterocycles. The lowest BCUT2D eigenvalue weighted by Gasteiger charge is -2.36. The minimum Gasteiger partial charge on any atom is -0.353 e. The van der Waals surface area contributed by atoms with Crippen molar-refractivity contribution >= 4 is 22.5 Å². The number of nitrogens with zero attached hydrogens (tertiary/aromatic N) is 7. The van der Waals surface area contributed by atoms with Crippen LogP contribution in [-0.2, 0) is 0 Å². The lowest BCUT2D eigenvalue weighted by atomic mass is 10.2. The van der Waals surface area contributed by atoms with Crippen LogP contribution in [0.5, 0.6) is 0 Å². The van der Waals surface area contributed by atoms with Crippen LogP contribution in [0.3, 0.4) is 0 Å². The topological polar surface area (TPSA) is 70.9 Å². The zero-order chi connectivity index (χ0) is 22.1. The molecule has 4 aromatic rings. The predicted molar refractivity (Wildman–Crippen MR) is 128 cm³/mol. The fourth-order valence-corrected chi connectivity index (χ4v) is 4.07. The fraction of sp³-hybridized carbons (Fsp3) is 0.320. The average molecular weight is 426 g/mol. The predicted octanol–water partition coefficient (Wildman–Crippen LogP) is 4.24. The maximum Gasteiger partial charge on any atom is 0.163 e. The van der Waals surface area contributed by atoms with Gasteiger partial charge in [0, 0.05) is 67.2 Å². The summed E-state index contributed by atoms with van der Waals surface area (Å²) in [5.74, 6) is 3.93. The van der Waals surface area contributed by atoms with Gasteiger partial charge in [-0.1, -0.05) is 26.0 Å². The lowest BCUT2D eigenvalue weighted by molar-refractivity contribution is 0.637. The number of pyridine rings is 1. The Bertz CT molecular complexity index is 1230. The quantitative estimate of drug-likeness (QED) is 0.484. The molecule has 0 radical (unpaired) electrons. The van der Waals surface area contributed by atoms with E-state index in [1.807, 2.05) is 43.5 Å². The first-order valence-corrected chi connectivity index (χ1v) is 11.1. The molecule has 7 heteroatoms. The van der Waals surface area contributed by atoms with Gasteiger partial charge in [0.05, 0.1) is 5.52 Å². The molecule has 0 unspecified atom stereocenters. The number of rotatable bonds is 4. The molecule has 1 fully saturated rings. The molecule has 0 aliphatic carbocycles. The van der Waals surface area contributed by atoms with E-state index in [0.29, 0.717) is 11.7 Å². The van der Waals surface area contributed by atoms with E-state index in [4.69, 9.17) is 15.0 Å². The van der Waals surface area contributed by atoms with Crippen molar-refractivity contribution in [2.45, 2.75) is 26.7 Å². The molecule has 0 atom stereocenters. The second-order valence-corrected chi connectivity index (χ2v) is 8.48. The summed E-state index contributed by atoms with van der Waals surface area (Å²) >= 11 is 0. The molecule has 7 nitrogen and oxygen atoms in total. The molecule has 5 rings (SSSR count). The van der Waals surface area contributed by atoms with E-state index < -0.39 is 0 Å². The van der Waals surface area contributed by atoms with Crippen LogP contribution in [0.25, 0.3) is 22.3 Å². The van der Waals surface area contributed by atoms with Gasteiger partial charge in [0.15, 0.2) is 5.82 Å². The molecule has 0 spiro atoms. The highest BCUT2D eigenvalue weighted by Crippen LogP contribution is 2.29. The van der Waals surface area contributed by atoms with Gasteiger partial charge >= 0.3 is 0 Å². The van der Waals surface area contributed by atoms with Gasteiger partial charge in [0.2, 0.25) is 0 Å². The molecule has 1 aliphatic heterocycles. The Morgan fingerprint density at radius 1 is 0.844 bits per heavy atom. The van der Waals surface area contributed by atoms with Crippen molar-refractivity contribution in [2.24, 2.45) is 0 Å². The monoisotopic (exact) mass is 425 g/mol. The first kappa shape index (κ1) is 20.3. The summed E-state index contributed by atoms with van der Waals surface area (Å²) < 4.78 is 0. The van der Waals surface area contributed by atoms with E-state index in [-0.39, 0.29) is 0 Å². The number of fused-ring (bicyclic) bond motifs is 1. The highest BCUT2D eigenvalue weighted by Gasteiger charge is 2.23. The SMILES string of the molecule is Cc1cc(N2CCN(c3nc(-c4cccnc4)nc4ccccc34)CC2)nc(C(C)C)n1. The van der Waals surface area contributed by atoms with Gasteiger partial charge in [-0.2, -0.15) is 0 Å². The summed E-state index contributed by atoms with van der Waals surface area (Å²) in [5.41, 5.74) is 2.90. The van der Waals surface area contributed by atoms with E-state index in [1.165, 1.54) is 0 Å². The molecule has 1 aromatic carbocycles. The number of benzene rings is 1. The fourth-order valence-electron chi connectivity index (χ4n) is 4.07. The van der Waals surface area contributed by atoms with Crippen LogP contribution in [0.1, 0.15) is 31.3 Å². The highest BCUT2D eigenvalue weighted by molar-refractivity contribution is 5.91. The van der Waals surface area contributed by atoms with Gasteiger partial charge in [-0.25, -0.2) is 19.9 Å². The van der Waals surface area contributed by atoms with E-state index in [1.54, 1.807) is 6.20 Å². The Morgan fingerprint density at radius 3 is 2.38 bits per heavy atom. The number of anilines is 2. The minimum atomic E-state index is 0.313. The van der Waals surface area contributed by atoms with Crippen LogP contribution >= 0.6 is 0 Å². The van der Waals surface area contributed by atoms with Crippen molar-refractivity contribution in [3.8, 4) is 11.4 Å². The molecule has 0 amide bonds. The largest absolute Gasteiger partial charge is 0.353 e. The Labute approximate surface area is 188 Å². The standard InChI is InChI=1S/C25H27N7/c1-17(2)23-27-18(3)15-22(29-23)31-11-13-32(14-12-31)25-20-8-4-5-9-21(20)28-24(30-25)19-7-6-10-26-16-19/h4-10,15-17H,11-14H2,1-3H3. The van der Waals surface area contributed by atoms with E-state index in [2.05, 4.69) is 45.7 Å². The first-order chi connectivity index (χ1) is 15.6. The van der Waals surface area contributed by atoms with Crippen molar-refractivity contribution in [3.63, 3.8) is 0 Å². The molecular weight excluding hydrogens is 398 g/mol. The summed E-state index contributed by atoms with van der Waals surface area (Å²) in [5, 5.41) is 1.08. The second kappa shape index (κ2) is 8.49. The van der Waals surface area contributed by atoms with Crippen LogP contribution < -0.4 is 9.80 Å². The maximum atomic E-state index is 4.97. The number of para-hydroxylation sites is 1. The van der Waals surface area contributed by atoms with Crippen LogP contribution in [0.4, 0.5) is 11.6 Å². The van der Waals surface area contributed by atoms with Crippen molar-refractivity contribution in [3.05, 3.63) is 66.4 Å². The Hall–Kier alpha value is -3.61. The molecule has 0 bridgehead atoms. The third-order valence-electron chi connectivity index (χ3n) is 5.78. The summed E-state index contributed by atoms with van der Waals surface area (Å²) in [6.45, 7) is 9.82. The minimum absolute atomic E-state index is 0.313. The Kier molecular flexibility index (Phi) is 5.39. The molecule has 32 heavy (non-hydrogen) atoms. The van der Waals surface area contributed by atoms with Crippen molar-refractivity contribution in [1.29, 1.82) is 0 Å². The average Bonchev–Trinajstić information content (AvgIpc) is 2.83. The van der Waals surface area contributed by atoms with Gasteiger partial charge in [0.25, 0.3) is 0 Å². The van der Waals surface area contributed by atoms with Crippen LogP contribution in [-0.4, -0.2) is 51.1 Å². The van der Waals surface area contributed by atoms with Crippen molar-refractivity contribution < 1.29 is 0 Å². The van der Waals surface area contributed by atoms with Crippen LogP contribution in [0.15, 0.2) is 54.9 Å². The van der Waals surface area contributed by atoms with Gasteiger partial charge in [-0.3, -0.25) is 4.98 Å². The molecule has 1 saturated heterocycles. The van der Waals surface area contributed by atoms with Gasteiger partial charge in [-0.05, 0) is 31.2 Å². The summed E-state index contributed by atoms with van der Waals surface area (Å²) in [7, 11) is 0. The maximum absolute atomic E-state index is 4.97. The summed E-state index contributed by atoms with van der Waals surface area (Å²) in [6.07, 6.45) is 3.58. The Balaban J connectivity index is 1.44. The van der Waals surface area contributed by atoms with Gasteiger partial charge in [0.1, 0.15) is 17.5 Å². The second-order valence-electron chi connectivity index (χ2n) is 8.48. The number of aromatic nitrogens is 5. The number of hydrogen-bond donors (Lipinski definition) is 0. The number of aryl methyl sites for hydroxylation is 1. The van der Waals surface area contributed by atoms with Crippen LogP contribution in [0, 0.1) is 6.92 Å². The molecule has 0 saturated carbocycles. The molecule has 1 aliphatic rings. The smallest absolute Gasteiger partial charge is 0.163 e. The summed E-state index contributed by atoms with van der Waals surface area (Å²) in [6, 6.07) is 14.2. The number of hydrogen-bond acceptors (Lipinski definition) is 7. The number of piperazine rings is 1. The Morgan fingerprint density at radius 2 is 1.62 bits per heavy atom. The molecule has 0 N–H and O–H groups in total. The zero-order valence-corrected chi connectivity index (χ0v) is 18.7. The van der Waals surface area contributed by atoms with Gasteiger partial charge < -0.3 is 9.80 Å². The molecule has 162 valence electrons. The van der Waals surface area contributed by atoms with Crippen LogP contribution in [0.2, 0.25) is 0 Å². The zero-order valence-electron chi connectivity index (χ0n) is 18.7. The van der Waals surface area contributed by atoms with Crippen molar-refractivity contribution in [2.75, 3.05) is 36.0 Å². The summed E-state index contributed by atoms with van der Waals surface area (Å²) in [4.78, 5) is 28.1. The van der Waals surface area contributed by atoms with Gasteiger partial charge in [-0.15, -0.1) is 0 Å². The third-order valence-corrected chi connectivity index (χ3v) is 5.78. The normalized spacial score (nSPS) is 14.4.